The van der Waals surface area contributed by atoms with Crippen LogP contribution < -0.4 is 15.8 Å². The van der Waals surface area contributed by atoms with E-state index in [-0.39, 0.29) is 30.8 Å². The third-order valence-electron chi connectivity index (χ3n) is 6.87. The molecule has 3 aliphatic heterocycles. The molecule has 3 aliphatic rings. The van der Waals surface area contributed by atoms with Gasteiger partial charge in [0.2, 0.25) is 0 Å². The van der Waals surface area contributed by atoms with Crippen molar-refractivity contribution in [1.29, 1.82) is 0 Å². The lowest BCUT2D eigenvalue weighted by atomic mass is 9.55. The van der Waals surface area contributed by atoms with E-state index in [1.807, 2.05) is 26.0 Å². The highest BCUT2D eigenvalue weighted by molar-refractivity contribution is 6.30. The molecule has 174 valence electrons. The highest BCUT2D eigenvalue weighted by atomic mass is 35.5. The molecule has 1 unspecified atom stereocenters. The second-order valence-corrected chi connectivity index (χ2v) is 9.48. The van der Waals surface area contributed by atoms with Crippen LogP contribution in [-0.4, -0.2) is 49.4 Å². The van der Waals surface area contributed by atoms with E-state index >= 15 is 0 Å². The molecule has 1 aromatic heterocycles. The fraction of sp³-hybridized carbons (Fsp3) is 0.435. The zero-order valence-electron chi connectivity index (χ0n) is 18.6. The average Bonchev–Trinajstić information content (AvgIpc) is 3.09. The van der Waals surface area contributed by atoms with E-state index in [1.165, 1.54) is 6.20 Å². The number of carbonyl (C=O) groups is 1. The van der Waals surface area contributed by atoms with Crippen molar-refractivity contribution in [3.05, 3.63) is 52.3 Å². The summed E-state index contributed by atoms with van der Waals surface area (Å²) in [5, 5.41) is 3.35. The number of rotatable bonds is 4. The molecule has 1 aromatic carbocycles. The maximum atomic E-state index is 13.1. The van der Waals surface area contributed by atoms with Crippen molar-refractivity contribution in [2.45, 2.75) is 31.6 Å². The molecular weight excluding hydrogens is 448 g/mol. The second-order valence-electron chi connectivity index (χ2n) is 9.05. The van der Waals surface area contributed by atoms with Crippen LogP contribution in [0.5, 0.6) is 5.75 Å². The van der Waals surface area contributed by atoms with Gasteiger partial charge in [-0.15, -0.1) is 0 Å². The fourth-order valence-electron chi connectivity index (χ4n) is 5.00. The Labute approximate surface area is 196 Å². The number of fused-ring (bicyclic) bond motifs is 3. The highest BCUT2D eigenvalue weighted by Gasteiger charge is 2.71. The summed E-state index contributed by atoms with van der Waals surface area (Å²) in [5.74, 6) is 0.291. The molecule has 0 radical (unpaired) electrons. The number of aliphatic imine (C=N–C) groups is 1. The number of amidine groups is 1. The molecule has 5 rings (SSSR count). The molecule has 9 nitrogen and oxygen atoms in total. The predicted molar refractivity (Wildman–Crippen MR) is 122 cm³/mol. The summed E-state index contributed by atoms with van der Waals surface area (Å²) in [7, 11) is 1.54. The minimum Gasteiger partial charge on any atom is -0.487 e. The van der Waals surface area contributed by atoms with Crippen molar-refractivity contribution in [1.82, 2.24) is 4.98 Å². The maximum absolute atomic E-state index is 13.1. The summed E-state index contributed by atoms with van der Waals surface area (Å²) in [4.78, 5) is 22.0. The number of halogens is 1. The van der Waals surface area contributed by atoms with Crippen LogP contribution in [-0.2, 0) is 26.4 Å². The number of pyridine rings is 1. The first kappa shape index (κ1) is 21.9. The smallest absolute Gasteiger partial charge is 0.283 e. The van der Waals surface area contributed by atoms with Crippen LogP contribution in [0.15, 0.2) is 35.5 Å². The number of aromatic nitrogens is 1. The van der Waals surface area contributed by atoms with Crippen molar-refractivity contribution >= 4 is 29.2 Å². The van der Waals surface area contributed by atoms with Crippen molar-refractivity contribution in [2.24, 2.45) is 16.1 Å². The summed E-state index contributed by atoms with van der Waals surface area (Å²) in [5.41, 5.74) is 6.37. The summed E-state index contributed by atoms with van der Waals surface area (Å²) >= 11 is 6.04. The minimum atomic E-state index is -0.785. The molecule has 4 heterocycles. The highest BCUT2D eigenvalue weighted by Crippen LogP contribution is 2.62. The summed E-state index contributed by atoms with van der Waals surface area (Å²) < 4.78 is 22.9. The van der Waals surface area contributed by atoms with Crippen molar-refractivity contribution in [2.75, 3.05) is 32.2 Å². The fourth-order valence-corrected chi connectivity index (χ4v) is 5.18. The SMILES string of the molecule is COCc1cc(Cl)cnc1C(=O)Nc1ccc2c(c1)C1(COC(N)=N1)C1(COC1)C(C)(C)O2. The monoisotopic (exact) mass is 472 g/mol. The van der Waals surface area contributed by atoms with Gasteiger partial charge in [-0.3, -0.25) is 4.79 Å². The standard InChI is InChI=1S/C23H25ClN4O5/c1-21(2)22(10-31-11-22)23(12-32-20(25)28-23)16-7-15(4-5-17(16)33-21)27-19(29)18-13(9-30-3)6-14(24)8-26-18/h4-8H,9-12H2,1-3H3,(H2,25,28)(H,27,29). The Hall–Kier alpha value is -2.88. The van der Waals surface area contributed by atoms with Gasteiger partial charge in [0, 0.05) is 30.1 Å². The van der Waals surface area contributed by atoms with Gasteiger partial charge in [-0.2, -0.15) is 0 Å². The van der Waals surface area contributed by atoms with E-state index in [4.69, 9.17) is 41.3 Å². The Kier molecular flexibility index (Phi) is 5.04. The van der Waals surface area contributed by atoms with Crippen molar-refractivity contribution < 1.29 is 23.7 Å². The van der Waals surface area contributed by atoms with Gasteiger partial charge in [-0.1, -0.05) is 11.6 Å². The molecule has 10 heteroatoms. The third-order valence-corrected chi connectivity index (χ3v) is 7.07. The number of ether oxygens (including phenoxy) is 4. The first-order valence-electron chi connectivity index (χ1n) is 10.6. The molecule has 0 aliphatic carbocycles. The number of carbonyl (C=O) groups excluding carboxylic acids is 1. The van der Waals surface area contributed by atoms with Gasteiger partial charge in [-0.25, -0.2) is 9.98 Å². The number of hydrogen-bond donors (Lipinski definition) is 2. The number of methoxy groups -OCH3 is 1. The topological polar surface area (TPSA) is 117 Å². The number of benzene rings is 1. The maximum Gasteiger partial charge on any atom is 0.283 e. The molecular formula is C23H25ClN4O5. The lowest BCUT2D eigenvalue weighted by Gasteiger charge is -2.61. The third kappa shape index (κ3) is 3.18. The van der Waals surface area contributed by atoms with E-state index in [1.54, 1.807) is 19.2 Å². The van der Waals surface area contributed by atoms with Gasteiger partial charge in [0.05, 0.1) is 30.3 Å². The van der Waals surface area contributed by atoms with Crippen LogP contribution in [0.1, 0.15) is 35.5 Å². The summed E-state index contributed by atoms with van der Waals surface area (Å²) in [6.45, 7) is 5.47. The summed E-state index contributed by atoms with van der Waals surface area (Å²) in [6.07, 6.45) is 1.43. The minimum absolute atomic E-state index is 0.133. The largest absolute Gasteiger partial charge is 0.487 e. The molecule has 1 amide bonds. The number of hydrogen-bond acceptors (Lipinski definition) is 8. The first-order chi connectivity index (χ1) is 15.7. The Morgan fingerprint density at radius 3 is 2.70 bits per heavy atom. The second kappa shape index (κ2) is 7.58. The van der Waals surface area contributed by atoms with Gasteiger partial charge in [0.1, 0.15) is 29.2 Å². The van der Waals surface area contributed by atoms with E-state index in [9.17, 15) is 4.79 Å². The number of anilines is 1. The van der Waals surface area contributed by atoms with Crippen LogP contribution >= 0.6 is 11.6 Å². The molecule has 2 aromatic rings. The molecule has 33 heavy (non-hydrogen) atoms. The molecule has 0 bridgehead atoms. The Morgan fingerprint density at radius 1 is 1.27 bits per heavy atom. The molecule has 1 atom stereocenters. The zero-order chi connectivity index (χ0) is 23.4. The molecule has 2 spiro atoms. The predicted octanol–water partition coefficient (Wildman–Crippen LogP) is 2.86. The molecule has 3 N–H and O–H groups in total. The van der Waals surface area contributed by atoms with Gasteiger partial charge in [-0.05, 0) is 38.1 Å². The molecule has 1 saturated heterocycles. The van der Waals surface area contributed by atoms with Crippen LogP contribution in [0.4, 0.5) is 5.69 Å². The lowest BCUT2D eigenvalue weighted by Crippen LogP contribution is -2.71. The average molecular weight is 473 g/mol. The van der Waals surface area contributed by atoms with Crippen molar-refractivity contribution in [3.63, 3.8) is 0 Å². The van der Waals surface area contributed by atoms with Crippen LogP contribution in [0, 0.1) is 5.41 Å². The molecule has 1 fully saturated rings. The van der Waals surface area contributed by atoms with E-state index in [0.717, 1.165) is 5.56 Å². The van der Waals surface area contributed by atoms with Gasteiger partial charge < -0.3 is 30.0 Å². The lowest BCUT2D eigenvalue weighted by molar-refractivity contribution is -0.247. The summed E-state index contributed by atoms with van der Waals surface area (Å²) in [6, 6.07) is 7.27. The van der Waals surface area contributed by atoms with Crippen LogP contribution in [0.2, 0.25) is 5.02 Å². The normalized spacial score (nSPS) is 23.8. The number of nitrogens with two attached hydrogens (primary N) is 1. The first-order valence-corrected chi connectivity index (χ1v) is 10.9. The van der Waals surface area contributed by atoms with Crippen molar-refractivity contribution in [3.8, 4) is 5.75 Å². The Morgan fingerprint density at radius 2 is 2.06 bits per heavy atom. The number of nitrogens with one attached hydrogen (secondary N) is 1. The van der Waals surface area contributed by atoms with E-state index in [2.05, 4.69) is 10.3 Å². The van der Waals surface area contributed by atoms with E-state index < -0.39 is 16.6 Å². The Balaban J connectivity index is 1.54. The van der Waals surface area contributed by atoms with E-state index in [0.29, 0.717) is 35.2 Å². The van der Waals surface area contributed by atoms with Gasteiger partial charge >= 0.3 is 0 Å². The van der Waals surface area contributed by atoms with Gasteiger partial charge in [0.15, 0.2) is 0 Å². The zero-order valence-corrected chi connectivity index (χ0v) is 19.4. The molecule has 0 saturated carbocycles. The van der Waals surface area contributed by atoms with Crippen LogP contribution in [0.25, 0.3) is 0 Å². The Bertz CT molecular complexity index is 1160. The van der Waals surface area contributed by atoms with Gasteiger partial charge in [0.25, 0.3) is 11.9 Å². The quantitative estimate of drug-likeness (QED) is 0.702. The van der Waals surface area contributed by atoms with Crippen LogP contribution in [0.3, 0.4) is 0 Å². The number of amides is 1. The number of nitrogens with zero attached hydrogens (tertiary/aromatic N) is 2.